The highest BCUT2D eigenvalue weighted by Crippen LogP contribution is 2.20. The molecule has 3 aromatic heterocycles. The summed E-state index contributed by atoms with van der Waals surface area (Å²) in [6.07, 6.45) is 6.98. The lowest BCUT2D eigenvalue weighted by Gasteiger charge is -2.19. The molecule has 0 aliphatic rings. The Labute approximate surface area is 141 Å². The molecule has 0 N–H and O–H groups in total. The van der Waals surface area contributed by atoms with Crippen LogP contribution in [0, 0.1) is 0 Å². The van der Waals surface area contributed by atoms with Gasteiger partial charge in [0.15, 0.2) is 11.5 Å². The smallest absolute Gasteiger partial charge is 0.243 e. The first-order valence-corrected chi connectivity index (χ1v) is 7.95. The van der Waals surface area contributed by atoms with E-state index < -0.39 is 0 Å². The summed E-state index contributed by atoms with van der Waals surface area (Å²) >= 11 is 0. The van der Waals surface area contributed by atoms with Crippen molar-refractivity contribution in [2.24, 2.45) is 33.2 Å². The molecule has 0 bridgehead atoms. The summed E-state index contributed by atoms with van der Waals surface area (Å²) in [6, 6.07) is 0. The molecule has 0 saturated carbocycles. The lowest BCUT2D eigenvalue weighted by atomic mass is 10.3. The van der Waals surface area contributed by atoms with Crippen LogP contribution < -0.4 is 15.1 Å². The normalized spacial score (nSPS) is 12.3. The third kappa shape index (κ3) is 2.68. The minimum atomic E-state index is 0.674. The molecule has 128 valence electrons. The van der Waals surface area contributed by atoms with E-state index in [9.17, 15) is 0 Å². The molecule has 0 fully saturated rings. The second kappa shape index (κ2) is 6.10. The molecule has 3 aromatic rings. The maximum Gasteiger partial charge on any atom is 0.243 e. The predicted molar refractivity (Wildman–Crippen MR) is 92.5 cm³/mol. The van der Waals surface area contributed by atoms with E-state index in [2.05, 4.69) is 50.6 Å². The van der Waals surface area contributed by atoms with E-state index in [-0.39, 0.29) is 0 Å². The summed E-state index contributed by atoms with van der Waals surface area (Å²) in [5.41, 5.74) is 3.87. The summed E-state index contributed by atoms with van der Waals surface area (Å²) in [5.74, 6) is 0.905. The second-order valence-corrected chi connectivity index (χ2v) is 6.23. The van der Waals surface area contributed by atoms with Crippen molar-refractivity contribution < 1.29 is 4.57 Å². The fourth-order valence-corrected chi connectivity index (χ4v) is 3.04. The molecule has 3 rings (SSSR count). The number of aryl methyl sites for hydroxylation is 4. The van der Waals surface area contributed by atoms with Crippen LogP contribution in [0.5, 0.6) is 0 Å². The average Bonchev–Trinajstić information content (AvgIpc) is 3.08. The molecule has 0 unspecified atom stereocenters. The molecule has 8 heteroatoms. The van der Waals surface area contributed by atoms with Crippen LogP contribution in [0.4, 0.5) is 5.82 Å². The molecule has 0 atom stereocenters. The van der Waals surface area contributed by atoms with Gasteiger partial charge < -0.3 is 9.47 Å². The van der Waals surface area contributed by atoms with Crippen LogP contribution >= 0.6 is 0 Å². The maximum absolute atomic E-state index is 4.74. The lowest BCUT2D eigenvalue weighted by Crippen LogP contribution is -2.29. The zero-order valence-electron chi connectivity index (χ0n) is 15.2. The highest BCUT2D eigenvalue weighted by atomic mass is 15.3. The molecular formula is C16H25N8+. The van der Waals surface area contributed by atoms with Crippen molar-refractivity contribution in [3.05, 3.63) is 30.2 Å². The summed E-state index contributed by atoms with van der Waals surface area (Å²) in [7, 11) is 11.9. The topological polar surface area (TPSA) is 60.1 Å². The highest BCUT2D eigenvalue weighted by molar-refractivity contribution is 5.83. The lowest BCUT2D eigenvalue weighted by molar-refractivity contribution is -0.671. The van der Waals surface area contributed by atoms with Crippen molar-refractivity contribution in [1.82, 2.24) is 23.7 Å². The quantitative estimate of drug-likeness (QED) is 0.617. The zero-order valence-corrected chi connectivity index (χ0v) is 15.2. The highest BCUT2D eigenvalue weighted by Gasteiger charge is 2.16. The van der Waals surface area contributed by atoms with Crippen LogP contribution in [-0.4, -0.2) is 44.3 Å². The summed E-state index contributed by atoms with van der Waals surface area (Å²) in [4.78, 5) is 15.7. The van der Waals surface area contributed by atoms with Crippen molar-refractivity contribution in [1.29, 1.82) is 0 Å². The summed E-state index contributed by atoms with van der Waals surface area (Å²) in [6.45, 7) is 0.863. The molecule has 0 saturated heterocycles. The van der Waals surface area contributed by atoms with Crippen molar-refractivity contribution in [2.45, 2.75) is 6.42 Å². The number of anilines is 1. The second-order valence-electron chi connectivity index (χ2n) is 6.23. The Bertz CT molecular complexity index is 943. The monoisotopic (exact) mass is 329 g/mol. The van der Waals surface area contributed by atoms with Crippen molar-refractivity contribution in [3.8, 4) is 0 Å². The summed E-state index contributed by atoms with van der Waals surface area (Å²) in [5, 5.41) is 0. The van der Waals surface area contributed by atoms with Crippen LogP contribution in [0.1, 0.15) is 5.69 Å². The number of rotatable bonds is 4. The third-order valence-electron chi connectivity index (χ3n) is 4.38. The first-order valence-electron chi connectivity index (χ1n) is 7.95. The Morgan fingerprint density at radius 1 is 1.25 bits per heavy atom. The van der Waals surface area contributed by atoms with Gasteiger partial charge in [-0.25, -0.2) is 14.1 Å². The predicted octanol–water partition coefficient (Wildman–Crippen LogP) is -0.321. The van der Waals surface area contributed by atoms with E-state index in [0.717, 1.165) is 29.9 Å². The fourth-order valence-electron chi connectivity index (χ4n) is 3.04. The fraction of sp³-hybridized carbons (Fsp3) is 0.500. The van der Waals surface area contributed by atoms with E-state index in [1.807, 2.05) is 36.6 Å². The van der Waals surface area contributed by atoms with Gasteiger partial charge in [0.05, 0.1) is 20.4 Å². The van der Waals surface area contributed by atoms with E-state index in [1.54, 1.807) is 7.05 Å². The Hall–Kier alpha value is -2.64. The minimum absolute atomic E-state index is 0.674. The van der Waals surface area contributed by atoms with Gasteiger partial charge in [0.1, 0.15) is 17.4 Å². The van der Waals surface area contributed by atoms with Gasteiger partial charge in [0.2, 0.25) is 11.9 Å². The van der Waals surface area contributed by atoms with Crippen LogP contribution in [0.3, 0.4) is 0 Å². The first kappa shape index (κ1) is 16.2. The van der Waals surface area contributed by atoms with E-state index in [4.69, 9.17) is 4.98 Å². The molecule has 8 nitrogen and oxygen atoms in total. The van der Waals surface area contributed by atoms with E-state index in [0.29, 0.717) is 5.62 Å². The molecule has 0 aromatic carbocycles. The van der Waals surface area contributed by atoms with Gasteiger partial charge in [-0.1, -0.05) is 0 Å². The zero-order chi connectivity index (χ0) is 17.4. The molecule has 0 aliphatic carbocycles. The molecule has 0 aliphatic heterocycles. The molecule has 0 amide bonds. The average molecular weight is 329 g/mol. The van der Waals surface area contributed by atoms with Gasteiger partial charge in [-0.05, 0) is 0 Å². The van der Waals surface area contributed by atoms with Gasteiger partial charge in [-0.15, -0.1) is 0 Å². The SMILES string of the molecule is CN=c1nc(N(C)CCc2c[n+](C)cn2C)c2c(ncn2C)n1C. The Morgan fingerprint density at radius 3 is 2.62 bits per heavy atom. The minimum Gasteiger partial charge on any atom is -0.357 e. The molecule has 3 heterocycles. The number of nitrogens with zero attached hydrogens (tertiary/aromatic N) is 8. The van der Waals surface area contributed by atoms with E-state index >= 15 is 0 Å². The van der Waals surface area contributed by atoms with Gasteiger partial charge in [0.25, 0.3) is 0 Å². The number of hydrogen-bond acceptors (Lipinski definition) is 4. The number of aromatic nitrogens is 6. The Morgan fingerprint density at radius 2 is 2.00 bits per heavy atom. The Kier molecular flexibility index (Phi) is 4.13. The van der Waals surface area contributed by atoms with Crippen molar-refractivity contribution >= 4 is 17.0 Å². The molecule has 0 radical (unpaired) electrons. The number of imidazole rings is 2. The Balaban J connectivity index is 1.97. The van der Waals surface area contributed by atoms with Crippen LogP contribution in [0.15, 0.2) is 23.8 Å². The molecular weight excluding hydrogens is 304 g/mol. The number of likely N-dealkylation sites (N-methyl/N-ethyl adjacent to an activating group) is 1. The third-order valence-corrected chi connectivity index (χ3v) is 4.38. The van der Waals surface area contributed by atoms with Gasteiger partial charge in [-0.2, -0.15) is 4.98 Å². The molecule has 24 heavy (non-hydrogen) atoms. The van der Waals surface area contributed by atoms with Gasteiger partial charge >= 0.3 is 0 Å². The maximum atomic E-state index is 4.74. The largest absolute Gasteiger partial charge is 0.357 e. The van der Waals surface area contributed by atoms with Crippen molar-refractivity contribution in [3.63, 3.8) is 0 Å². The van der Waals surface area contributed by atoms with E-state index in [1.165, 1.54) is 5.69 Å². The number of fused-ring (bicyclic) bond motifs is 1. The standard InChI is InChI=1S/C16H25N8/c1-17-16-19-15(13-14(24(16)6)18-10-22(13)4)21(3)8-7-12-9-20(2)11-23(12)5/h9-11H,7-8H2,1-6H3/q+1. The summed E-state index contributed by atoms with van der Waals surface area (Å²) < 4.78 is 8.15. The first-order chi connectivity index (χ1) is 11.4. The van der Waals surface area contributed by atoms with Gasteiger partial charge in [-0.3, -0.25) is 9.56 Å². The van der Waals surface area contributed by atoms with Gasteiger partial charge in [0, 0.05) is 41.2 Å². The van der Waals surface area contributed by atoms with Crippen molar-refractivity contribution in [2.75, 3.05) is 25.5 Å². The molecule has 0 spiro atoms. The van der Waals surface area contributed by atoms with Crippen LogP contribution in [0.25, 0.3) is 11.2 Å². The number of hydrogen-bond donors (Lipinski definition) is 0. The van der Waals surface area contributed by atoms with Crippen LogP contribution in [-0.2, 0) is 34.6 Å². The van der Waals surface area contributed by atoms with Crippen LogP contribution in [0.2, 0.25) is 0 Å².